The molecule has 2 aromatic carbocycles. The molecule has 0 saturated carbocycles. The first kappa shape index (κ1) is 25.6. The molecule has 32 heavy (non-hydrogen) atoms. The second kappa shape index (κ2) is 11.3. The summed E-state index contributed by atoms with van der Waals surface area (Å²) >= 11 is 5.84. The third-order valence-corrected chi connectivity index (χ3v) is 6.98. The first-order chi connectivity index (χ1) is 15.1. The van der Waals surface area contributed by atoms with Gasteiger partial charge in [-0.1, -0.05) is 23.7 Å². The zero-order valence-electron chi connectivity index (χ0n) is 18.5. The minimum absolute atomic E-state index is 0.0238. The molecule has 2 amide bonds. The predicted molar refractivity (Wildman–Crippen MR) is 123 cm³/mol. The molecule has 0 unspecified atom stereocenters. The lowest BCUT2D eigenvalue weighted by molar-refractivity contribution is -0.140. The van der Waals surface area contributed by atoms with Crippen LogP contribution >= 0.6 is 11.6 Å². The van der Waals surface area contributed by atoms with Crippen molar-refractivity contribution in [3.8, 4) is 5.75 Å². The molecule has 0 saturated heterocycles. The van der Waals surface area contributed by atoms with Gasteiger partial charge in [-0.15, -0.1) is 0 Å². The van der Waals surface area contributed by atoms with Gasteiger partial charge in [0.05, 0.1) is 18.6 Å². The first-order valence-corrected chi connectivity index (χ1v) is 11.8. The quantitative estimate of drug-likeness (QED) is 0.562. The standard InChI is InChI=1S/C22H28ClN3O5S/c1-5-24-22(28)16(2)26(14-17-6-10-19(31-4)11-7-17)21(27)15-25(3)32(29,30)20-12-8-18(23)9-13-20/h6-13,16H,5,14-15H2,1-4H3,(H,24,28)/t16-/m1/s1. The molecule has 0 bridgehead atoms. The molecule has 0 aromatic heterocycles. The SMILES string of the molecule is CCNC(=O)[C@@H](C)N(Cc1ccc(OC)cc1)C(=O)CN(C)S(=O)(=O)c1ccc(Cl)cc1. The highest BCUT2D eigenvalue weighted by molar-refractivity contribution is 7.89. The van der Waals surface area contributed by atoms with Crippen LogP contribution in [-0.4, -0.2) is 62.7 Å². The molecule has 2 rings (SSSR count). The average Bonchev–Trinajstić information content (AvgIpc) is 2.77. The van der Waals surface area contributed by atoms with Crippen LogP contribution < -0.4 is 10.1 Å². The van der Waals surface area contributed by atoms with Crippen LogP contribution in [0.15, 0.2) is 53.4 Å². The van der Waals surface area contributed by atoms with Crippen LogP contribution in [0.25, 0.3) is 0 Å². The van der Waals surface area contributed by atoms with Crippen molar-refractivity contribution in [2.75, 3.05) is 27.2 Å². The fraction of sp³-hybridized carbons (Fsp3) is 0.364. The highest BCUT2D eigenvalue weighted by Gasteiger charge is 2.30. The number of ether oxygens (including phenoxy) is 1. The summed E-state index contributed by atoms with van der Waals surface area (Å²) in [6.45, 7) is 3.52. The van der Waals surface area contributed by atoms with Crippen LogP contribution in [0.1, 0.15) is 19.4 Å². The minimum atomic E-state index is -3.91. The van der Waals surface area contributed by atoms with Gasteiger partial charge in [-0.25, -0.2) is 8.42 Å². The van der Waals surface area contributed by atoms with Crippen molar-refractivity contribution < 1.29 is 22.7 Å². The number of sulfonamides is 1. The van der Waals surface area contributed by atoms with E-state index in [0.29, 0.717) is 17.3 Å². The van der Waals surface area contributed by atoms with Crippen molar-refractivity contribution in [2.45, 2.75) is 31.3 Å². The average molecular weight is 482 g/mol. The number of rotatable bonds is 10. The third-order valence-electron chi connectivity index (χ3n) is 4.91. The van der Waals surface area contributed by atoms with Gasteiger partial charge >= 0.3 is 0 Å². The molecule has 2 aromatic rings. The van der Waals surface area contributed by atoms with Gasteiger partial charge in [0.25, 0.3) is 0 Å². The monoisotopic (exact) mass is 481 g/mol. The summed E-state index contributed by atoms with van der Waals surface area (Å²) in [5.41, 5.74) is 0.776. The number of nitrogens with zero attached hydrogens (tertiary/aromatic N) is 2. The van der Waals surface area contributed by atoms with Crippen LogP contribution in [0.2, 0.25) is 5.02 Å². The Morgan fingerprint density at radius 3 is 2.22 bits per heavy atom. The molecule has 0 aliphatic heterocycles. The van der Waals surface area contributed by atoms with Gasteiger partial charge in [-0.05, 0) is 55.8 Å². The molecule has 0 radical (unpaired) electrons. The number of methoxy groups -OCH3 is 1. The van der Waals surface area contributed by atoms with Crippen LogP contribution in [0.5, 0.6) is 5.75 Å². The topological polar surface area (TPSA) is 96.0 Å². The van der Waals surface area contributed by atoms with Crippen molar-refractivity contribution in [2.24, 2.45) is 0 Å². The summed E-state index contributed by atoms with van der Waals surface area (Å²) in [5.74, 6) is -0.158. The lowest BCUT2D eigenvalue weighted by Gasteiger charge is -2.30. The van der Waals surface area contributed by atoms with E-state index in [4.69, 9.17) is 16.3 Å². The highest BCUT2D eigenvalue weighted by Crippen LogP contribution is 2.19. The Morgan fingerprint density at radius 1 is 1.09 bits per heavy atom. The fourth-order valence-electron chi connectivity index (χ4n) is 2.99. The Hall–Kier alpha value is -2.62. The summed E-state index contributed by atoms with van der Waals surface area (Å²) < 4.78 is 31.8. The van der Waals surface area contributed by atoms with Gasteiger partial charge in [0.15, 0.2) is 0 Å². The Bertz CT molecular complexity index is 1030. The molecule has 1 N–H and O–H groups in total. The van der Waals surface area contributed by atoms with Crippen molar-refractivity contribution in [3.05, 3.63) is 59.1 Å². The summed E-state index contributed by atoms with van der Waals surface area (Å²) in [6, 6.07) is 12.0. The second-order valence-corrected chi connectivity index (χ2v) is 9.64. The van der Waals surface area contributed by atoms with Crippen LogP contribution in [0, 0.1) is 0 Å². The van der Waals surface area contributed by atoms with Crippen molar-refractivity contribution in [1.82, 2.24) is 14.5 Å². The van der Waals surface area contributed by atoms with Crippen molar-refractivity contribution in [3.63, 3.8) is 0 Å². The lowest BCUT2D eigenvalue weighted by Crippen LogP contribution is -2.50. The fourth-order valence-corrected chi connectivity index (χ4v) is 4.23. The van der Waals surface area contributed by atoms with Gasteiger partial charge in [-0.3, -0.25) is 9.59 Å². The van der Waals surface area contributed by atoms with Crippen LogP contribution in [-0.2, 0) is 26.2 Å². The molecule has 1 atom stereocenters. The zero-order valence-corrected chi connectivity index (χ0v) is 20.1. The van der Waals surface area contributed by atoms with Gasteiger partial charge < -0.3 is 15.0 Å². The number of nitrogens with one attached hydrogen (secondary N) is 1. The summed E-state index contributed by atoms with van der Waals surface area (Å²) in [6.07, 6.45) is 0. The van der Waals surface area contributed by atoms with E-state index in [1.54, 1.807) is 45.2 Å². The molecular weight excluding hydrogens is 454 g/mol. The maximum absolute atomic E-state index is 13.2. The van der Waals surface area contributed by atoms with Gasteiger partial charge in [0.1, 0.15) is 11.8 Å². The summed E-state index contributed by atoms with van der Waals surface area (Å²) in [7, 11) is -1.03. The van der Waals surface area contributed by atoms with E-state index in [1.165, 1.54) is 36.2 Å². The number of hydrogen-bond donors (Lipinski definition) is 1. The summed E-state index contributed by atoms with van der Waals surface area (Å²) in [4.78, 5) is 27.0. The maximum Gasteiger partial charge on any atom is 0.243 e. The van der Waals surface area contributed by atoms with Gasteiger partial charge in [0.2, 0.25) is 21.8 Å². The normalized spacial score (nSPS) is 12.3. The Kier molecular flexibility index (Phi) is 9.06. The number of hydrogen-bond acceptors (Lipinski definition) is 5. The molecule has 0 aliphatic carbocycles. The number of likely N-dealkylation sites (N-methyl/N-ethyl adjacent to an activating group) is 2. The van der Waals surface area contributed by atoms with E-state index in [1.807, 2.05) is 0 Å². The van der Waals surface area contributed by atoms with Crippen LogP contribution in [0.4, 0.5) is 0 Å². The van der Waals surface area contributed by atoms with E-state index in [-0.39, 0.29) is 17.3 Å². The predicted octanol–water partition coefficient (Wildman–Crippen LogP) is 2.52. The molecule has 8 nitrogen and oxygen atoms in total. The first-order valence-electron chi connectivity index (χ1n) is 10.0. The van der Waals surface area contributed by atoms with E-state index >= 15 is 0 Å². The Balaban J connectivity index is 2.25. The van der Waals surface area contributed by atoms with E-state index < -0.39 is 28.5 Å². The lowest BCUT2D eigenvalue weighted by atomic mass is 10.1. The molecule has 10 heteroatoms. The third kappa shape index (κ3) is 6.44. The van der Waals surface area contributed by atoms with Crippen molar-refractivity contribution in [1.29, 1.82) is 0 Å². The highest BCUT2D eigenvalue weighted by atomic mass is 35.5. The van der Waals surface area contributed by atoms with E-state index in [2.05, 4.69) is 5.32 Å². The number of amides is 2. The molecular formula is C22H28ClN3O5S. The number of carbonyl (C=O) groups is 2. The zero-order chi connectivity index (χ0) is 23.9. The Morgan fingerprint density at radius 2 is 1.69 bits per heavy atom. The number of benzene rings is 2. The number of carbonyl (C=O) groups excluding carboxylic acids is 2. The molecule has 0 aliphatic rings. The molecule has 0 spiro atoms. The second-order valence-electron chi connectivity index (χ2n) is 7.16. The minimum Gasteiger partial charge on any atom is -0.497 e. The van der Waals surface area contributed by atoms with E-state index in [9.17, 15) is 18.0 Å². The van der Waals surface area contributed by atoms with Crippen LogP contribution in [0.3, 0.4) is 0 Å². The largest absolute Gasteiger partial charge is 0.497 e. The van der Waals surface area contributed by atoms with E-state index in [0.717, 1.165) is 9.87 Å². The summed E-state index contributed by atoms with van der Waals surface area (Å²) in [5, 5.41) is 3.11. The molecule has 0 fully saturated rings. The molecule has 174 valence electrons. The van der Waals surface area contributed by atoms with Crippen molar-refractivity contribution >= 4 is 33.4 Å². The van der Waals surface area contributed by atoms with Gasteiger partial charge in [-0.2, -0.15) is 4.31 Å². The number of halogens is 1. The van der Waals surface area contributed by atoms with Gasteiger partial charge in [0, 0.05) is 25.2 Å². The Labute approximate surface area is 194 Å². The smallest absolute Gasteiger partial charge is 0.243 e. The maximum atomic E-state index is 13.2. The molecule has 0 heterocycles.